The summed E-state index contributed by atoms with van der Waals surface area (Å²) >= 11 is 5.20. The Morgan fingerprint density at radius 2 is 1.86 bits per heavy atom. The molecule has 0 aliphatic heterocycles. The van der Waals surface area contributed by atoms with Gasteiger partial charge >= 0.3 is 0 Å². The molecule has 0 saturated carbocycles. The molecular weight excluding hydrogens is 287 g/mol. The van der Waals surface area contributed by atoms with Crippen LogP contribution in [-0.4, -0.2) is 18.8 Å². The Kier molecular flexibility index (Phi) is 5.51. The maximum atomic E-state index is 12.8. The predicted molar refractivity (Wildman–Crippen MR) is 87.3 cm³/mol. The molecule has 0 saturated heterocycles. The number of hydrogen-bond acceptors (Lipinski definition) is 2. The van der Waals surface area contributed by atoms with Crippen LogP contribution in [0.4, 0.5) is 10.1 Å². The molecule has 2 aromatic rings. The van der Waals surface area contributed by atoms with E-state index >= 15 is 0 Å². The van der Waals surface area contributed by atoms with Crippen LogP contribution >= 0.6 is 12.2 Å². The van der Waals surface area contributed by atoms with Crippen LogP contribution in [0.25, 0.3) is 0 Å². The molecule has 0 heterocycles. The highest BCUT2D eigenvalue weighted by Gasteiger charge is 2.02. The van der Waals surface area contributed by atoms with Crippen LogP contribution in [-0.2, 0) is 6.42 Å². The molecular formula is C16H17FN2OS. The van der Waals surface area contributed by atoms with E-state index in [0.717, 1.165) is 23.4 Å². The summed E-state index contributed by atoms with van der Waals surface area (Å²) in [5.74, 6) is 0.604. The third kappa shape index (κ3) is 4.72. The Labute approximate surface area is 129 Å². The van der Waals surface area contributed by atoms with Crippen molar-refractivity contribution in [2.24, 2.45) is 0 Å². The molecule has 0 fully saturated rings. The zero-order valence-corrected chi connectivity index (χ0v) is 12.5. The van der Waals surface area contributed by atoms with Gasteiger partial charge in [0.1, 0.15) is 11.6 Å². The van der Waals surface area contributed by atoms with Crippen molar-refractivity contribution in [1.29, 1.82) is 0 Å². The van der Waals surface area contributed by atoms with E-state index in [0.29, 0.717) is 11.7 Å². The number of nitrogens with one attached hydrogen (secondary N) is 2. The van der Waals surface area contributed by atoms with Crippen LogP contribution in [0, 0.1) is 5.82 Å². The Morgan fingerprint density at radius 3 is 2.57 bits per heavy atom. The van der Waals surface area contributed by atoms with Gasteiger partial charge in [-0.3, -0.25) is 0 Å². The molecule has 21 heavy (non-hydrogen) atoms. The standard InChI is InChI=1S/C16H17FN2OS/c1-20-15-5-3-2-4-12(15)10-11-18-16(21)19-14-8-6-13(17)7-9-14/h2-9H,10-11H2,1H3,(H2,18,19,21). The normalized spacial score (nSPS) is 10.0. The highest BCUT2D eigenvalue weighted by Crippen LogP contribution is 2.17. The van der Waals surface area contributed by atoms with E-state index < -0.39 is 0 Å². The molecule has 5 heteroatoms. The lowest BCUT2D eigenvalue weighted by molar-refractivity contribution is 0.409. The molecule has 0 radical (unpaired) electrons. The van der Waals surface area contributed by atoms with Gasteiger partial charge < -0.3 is 15.4 Å². The minimum Gasteiger partial charge on any atom is -0.496 e. The van der Waals surface area contributed by atoms with Crippen molar-refractivity contribution in [3.05, 3.63) is 59.9 Å². The van der Waals surface area contributed by atoms with Gasteiger partial charge in [-0.05, 0) is 54.5 Å². The fourth-order valence-corrected chi connectivity index (χ4v) is 2.15. The van der Waals surface area contributed by atoms with Crippen LogP contribution in [0.1, 0.15) is 5.56 Å². The van der Waals surface area contributed by atoms with Gasteiger partial charge in [0.15, 0.2) is 5.11 Å². The predicted octanol–water partition coefficient (Wildman–Crippen LogP) is 3.36. The number of benzene rings is 2. The van der Waals surface area contributed by atoms with Crippen molar-refractivity contribution in [1.82, 2.24) is 5.32 Å². The summed E-state index contributed by atoms with van der Waals surface area (Å²) in [5, 5.41) is 6.63. The first-order valence-corrected chi connectivity index (χ1v) is 7.02. The van der Waals surface area contributed by atoms with Crippen molar-refractivity contribution in [2.75, 3.05) is 19.0 Å². The molecule has 0 aliphatic carbocycles. The Morgan fingerprint density at radius 1 is 1.14 bits per heavy atom. The van der Waals surface area contributed by atoms with E-state index in [-0.39, 0.29) is 5.82 Å². The third-order valence-corrected chi connectivity index (χ3v) is 3.22. The minimum absolute atomic E-state index is 0.268. The molecule has 3 nitrogen and oxygen atoms in total. The Hall–Kier alpha value is -2.14. The molecule has 2 rings (SSSR count). The first-order valence-electron chi connectivity index (χ1n) is 6.61. The van der Waals surface area contributed by atoms with E-state index in [2.05, 4.69) is 10.6 Å². The summed E-state index contributed by atoms with van der Waals surface area (Å²) in [7, 11) is 1.66. The summed E-state index contributed by atoms with van der Waals surface area (Å²) in [6.07, 6.45) is 0.801. The molecule has 0 aromatic heterocycles. The molecule has 110 valence electrons. The second kappa shape index (κ2) is 7.59. The minimum atomic E-state index is -0.268. The maximum absolute atomic E-state index is 12.8. The lowest BCUT2D eigenvalue weighted by Crippen LogP contribution is -2.30. The summed E-state index contributed by atoms with van der Waals surface area (Å²) in [5.41, 5.74) is 1.88. The molecule has 2 aromatic carbocycles. The number of ether oxygens (including phenoxy) is 1. The van der Waals surface area contributed by atoms with Crippen molar-refractivity contribution >= 4 is 23.0 Å². The number of thiocarbonyl (C=S) groups is 1. The Bertz CT molecular complexity index is 601. The van der Waals surface area contributed by atoms with E-state index in [9.17, 15) is 4.39 Å². The van der Waals surface area contributed by atoms with E-state index in [1.54, 1.807) is 19.2 Å². The maximum Gasteiger partial charge on any atom is 0.170 e. The lowest BCUT2D eigenvalue weighted by atomic mass is 10.1. The third-order valence-electron chi connectivity index (χ3n) is 2.97. The summed E-state index contributed by atoms with van der Waals surface area (Å²) in [6.45, 7) is 0.688. The molecule has 0 atom stereocenters. The lowest BCUT2D eigenvalue weighted by Gasteiger charge is -2.12. The monoisotopic (exact) mass is 304 g/mol. The fourth-order valence-electron chi connectivity index (χ4n) is 1.93. The molecule has 0 amide bonds. The van der Waals surface area contributed by atoms with Crippen molar-refractivity contribution < 1.29 is 9.13 Å². The number of methoxy groups -OCH3 is 1. The topological polar surface area (TPSA) is 33.3 Å². The summed E-state index contributed by atoms with van der Waals surface area (Å²) in [6, 6.07) is 13.9. The van der Waals surface area contributed by atoms with Gasteiger partial charge in [-0.2, -0.15) is 0 Å². The highest BCUT2D eigenvalue weighted by molar-refractivity contribution is 7.80. The number of hydrogen-bond donors (Lipinski definition) is 2. The van der Waals surface area contributed by atoms with Gasteiger partial charge in [-0.1, -0.05) is 18.2 Å². The highest BCUT2D eigenvalue weighted by atomic mass is 32.1. The van der Waals surface area contributed by atoms with Gasteiger partial charge in [0.05, 0.1) is 7.11 Å². The first kappa shape index (κ1) is 15.3. The smallest absolute Gasteiger partial charge is 0.170 e. The quantitative estimate of drug-likeness (QED) is 0.830. The average Bonchev–Trinajstić information content (AvgIpc) is 2.50. The zero-order valence-electron chi connectivity index (χ0n) is 11.7. The Balaban J connectivity index is 1.80. The summed E-state index contributed by atoms with van der Waals surface area (Å²) < 4.78 is 18.1. The summed E-state index contributed by atoms with van der Waals surface area (Å²) in [4.78, 5) is 0. The van der Waals surface area contributed by atoms with Crippen LogP contribution < -0.4 is 15.4 Å². The van der Waals surface area contributed by atoms with Gasteiger partial charge in [0, 0.05) is 12.2 Å². The average molecular weight is 304 g/mol. The number of anilines is 1. The number of para-hydroxylation sites is 1. The van der Waals surface area contributed by atoms with Crippen LogP contribution in [0.15, 0.2) is 48.5 Å². The second-order valence-corrected chi connectivity index (χ2v) is 4.86. The molecule has 0 aliphatic rings. The van der Waals surface area contributed by atoms with E-state index in [4.69, 9.17) is 17.0 Å². The molecule has 0 bridgehead atoms. The molecule has 2 N–H and O–H groups in total. The first-order chi connectivity index (χ1) is 10.2. The van der Waals surface area contributed by atoms with Crippen molar-refractivity contribution in [3.63, 3.8) is 0 Å². The van der Waals surface area contributed by atoms with Gasteiger partial charge in [-0.25, -0.2) is 4.39 Å². The van der Waals surface area contributed by atoms with E-state index in [1.165, 1.54) is 12.1 Å². The molecule has 0 unspecified atom stereocenters. The largest absolute Gasteiger partial charge is 0.496 e. The van der Waals surface area contributed by atoms with Crippen LogP contribution in [0.5, 0.6) is 5.75 Å². The number of halogens is 1. The molecule has 0 spiro atoms. The fraction of sp³-hybridized carbons (Fsp3) is 0.188. The van der Waals surface area contributed by atoms with Crippen molar-refractivity contribution in [2.45, 2.75) is 6.42 Å². The van der Waals surface area contributed by atoms with Gasteiger partial charge in [0.2, 0.25) is 0 Å². The van der Waals surface area contributed by atoms with Crippen LogP contribution in [0.3, 0.4) is 0 Å². The zero-order chi connectivity index (χ0) is 15.1. The van der Waals surface area contributed by atoms with Crippen LogP contribution in [0.2, 0.25) is 0 Å². The van der Waals surface area contributed by atoms with Gasteiger partial charge in [-0.15, -0.1) is 0 Å². The number of rotatable bonds is 5. The van der Waals surface area contributed by atoms with Gasteiger partial charge in [0.25, 0.3) is 0 Å². The SMILES string of the molecule is COc1ccccc1CCNC(=S)Nc1ccc(F)cc1. The van der Waals surface area contributed by atoms with E-state index in [1.807, 2.05) is 24.3 Å². The van der Waals surface area contributed by atoms with Crippen molar-refractivity contribution in [3.8, 4) is 5.75 Å². The second-order valence-electron chi connectivity index (χ2n) is 4.45.